The first-order valence-electron chi connectivity index (χ1n) is 8.71. The first kappa shape index (κ1) is 16.1. The molecular weight excluding hydrogens is 288 g/mol. The summed E-state index contributed by atoms with van der Waals surface area (Å²) in [5.74, 6) is 3.44. The van der Waals surface area contributed by atoms with Gasteiger partial charge in [0.2, 0.25) is 0 Å². The number of ketones is 1. The van der Waals surface area contributed by atoms with Crippen LogP contribution in [0.15, 0.2) is 35.2 Å². The number of benzene rings is 1. The van der Waals surface area contributed by atoms with Gasteiger partial charge in [0.15, 0.2) is 0 Å². The molecule has 2 aliphatic rings. The largest absolute Gasteiger partial charge is 0.299 e. The molecule has 2 aliphatic carbocycles. The monoisotopic (exact) mass is 316 g/mol. The molecule has 0 bridgehead atoms. The molecule has 1 aromatic carbocycles. The number of carbonyl (C=O) groups is 1. The third kappa shape index (κ3) is 3.13. The minimum Gasteiger partial charge on any atom is -0.299 e. The summed E-state index contributed by atoms with van der Waals surface area (Å²) in [5, 5.41) is 0. The quantitative estimate of drug-likeness (QED) is 0.672. The van der Waals surface area contributed by atoms with E-state index in [1.165, 1.54) is 24.2 Å². The number of thioether (sulfide) groups is 1. The van der Waals surface area contributed by atoms with Gasteiger partial charge in [-0.15, -0.1) is 11.8 Å². The van der Waals surface area contributed by atoms with E-state index in [0.717, 1.165) is 12.2 Å². The van der Waals surface area contributed by atoms with Gasteiger partial charge in [-0.3, -0.25) is 4.79 Å². The molecule has 0 saturated heterocycles. The van der Waals surface area contributed by atoms with E-state index in [1.807, 2.05) is 11.8 Å². The van der Waals surface area contributed by atoms with Crippen molar-refractivity contribution in [3.05, 3.63) is 30.3 Å². The lowest BCUT2D eigenvalue weighted by Gasteiger charge is -2.54. The Morgan fingerprint density at radius 2 is 2.00 bits per heavy atom. The maximum Gasteiger partial charge on any atom is 0.140 e. The van der Waals surface area contributed by atoms with Crippen molar-refractivity contribution < 1.29 is 4.79 Å². The molecule has 1 aromatic rings. The Morgan fingerprint density at radius 3 is 2.59 bits per heavy atom. The number of hydrogen-bond acceptors (Lipinski definition) is 2. The van der Waals surface area contributed by atoms with Gasteiger partial charge in [0.05, 0.1) is 0 Å². The van der Waals surface area contributed by atoms with Crippen molar-refractivity contribution in [2.75, 3.05) is 5.75 Å². The van der Waals surface area contributed by atoms with E-state index in [9.17, 15) is 4.79 Å². The van der Waals surface area contributed by atoms with Crippen LogP contribution in [0.1, 0.15) is 46.5 Å². The number of carbonyl (C=O) groups excluding carboxylic acids is 1. The summed E-state index contributed by atoms with van der Waals surface area (Å²) in [6.07, 6.45) is 4.86. The van der Waals surface area contributed by atoms with Crippen LogP contribution in [0.2, 0.25) is 0 Å². The molecule has 2 heteroatoms. The lowest BCUT2D eigenvalue weighted by atomic mass is 9.49. The molecule has 22 heavy (non-hydrogen) atoms. The zero-order valence-electron chi connectivity index (χ0n) is 14.0. The average molecular weight is 317 g/mol. The second-order valence-electron chi connectivity index (χ2n) is 7.97. The van der Waals surface area contributed by atoms with E-state index >= 15 is 0 Å². The summed E-state index contributed by atoms with van der Waals surface area (Å²) >= 11 is 1.87. The van der Waals surface area contributed by atoms with Gasteiger partial charge in [0.1, 0.15) is 5.78 Å². The summed E-state index contributed by atoms with van der Waals surface area (Å²) < 4.78 is 0. The highest BCUT2D eigenvalue weighted by molar-refractivity contribution is 7.99. The predicted molar refractivity (Wildman–Crippen MR) is 94.1 cm³/mol. The minimum atomic E-state index is 0.269. The van der Waals surface area contributed by atoms with Gasteiger partial charge in [-0.1, -0.05) is 39.0 Å². The van der Waals surface area contributed by atoms with Gasteiger partial charge in [-0.2, -0.15) is 0 Å². The maximum atomic E-state index is 13.0. The Balaban J connectivity index is 1.72. The molecule has 3 rings (SSSR count). The van der Waals surface area contributed by atoms with Crippen LogP contribution in [0.5, 0.6) is 0 Å². The van der Waals surface area contributed by atoms with Crippen LogP contribution in [-0.2, 0) is 4.79 Å². The van der Waals surface area contributed by atoms with Crippen LogP contribution in [0.3, 0.4) is 0 Å². The lowest BCUT2D eigenvalue weighted by Crippen LogP contribution is -2.53. The second-order valence-corrected chi connectivity index (χ2v) is 9.07. The summed E-state index contributed by atoms with van der Waals surface area (Å²) in [5.41, 5.74) is 0.324. The molecule has 4 atom stereocenters. The van der Waals surface area contributed by atoms with Crippen molar-refractivity contribution in [1.29, 1.82) is 0 Å². The highest BCUT2D eigenvalue weighted by Gasteiger charge is 2.54. The van der Waals surface area contributed by atoms with E-state index in [1.54, 1.807) is 0 Å². The fraction of sp³-hybridized carbons (Fsp3) is 0.650. The number of Topliss-reactive ketones (excluding diaryl/α,β-unsaturated/α-hetero) is 1. The molecule has 0 radical (unpaired) electrons. The van der Waals surface area contributed by atoms with Gasteiger partial charge < -0.3 is 0 Å². The van der Waals surface area contributed by atoms with Crippen molar-refractivity contribution >= 4 is 17.5 Å². The molecule has 2 saturated carbocycles. The summed E-state index contributed by atoms with van der Waals surface area (Å²) in [6, 6.07) is 10.5. The second kappa shape index (κ2) is 6.39. The van der Waals surface area contributed by atoms with Crippen molar-refractivity contribution in [1.82, 2.24) is 0 Å². The molecule has 0 aliphatic heterocycles. The number of hydrogen-bond donors (Lipinski definition) is 0. The molecule has 0 amide bonds. The summed E-state index contributed by atoms with van der Waals surface area (Å²) in [4.78, 5) is 14.3. The Labute approximate surface area is 139 Å². The predicted octanol–water partition coefficient (Wildman–Crippen LogP) is 5.45. The Morgan fingerprint density at radius 1 is 1.27 bits per heavy atom. The van der Waals surface area contributed by atoms with Gasteiger partial charge >= 0.3 is 0 Å². The SMILES string of the molecule is CC(C)C[C@H]1C[C@]2(C)CC[C@@H]2C(=O)C1CSc1ccccc1. The smallest absolute Gasteiger partial charge is 0.140 e. The Hall–Kier alpha value is -0.760. The third-order valence-corrected chi connectivity index (χ3v) is 6.93. The van der Waals surface area contributed by atoms with Crippen LogP contribution in [0, 0.1) is 29.1 Å². The molecule has 0 N–H and O–H groups in total. The van der Waals surface area contributed by atoms with Crippen LogP contribution in [0.4, 0.5) is 0 Å². The number of rotatable bonds is 5. The molecule has 0 spiro atoms. The first-order chi connectivity index (χ1) is 10.5. The molecule has 1 unspecified atom stereocenters. The molecule has 0 heterocycles. The van der Waals surface area contributed by atoms with Crippen molar-refractivity contribution in [3.63, 3.8) is 0 Å². The fourth-order valence-electron chi connectivity index (χ4n) is 4.52. The van der Waals surface area contributed by atoms with Crippen molar-refractivity contribution in [2.24, 2.45) is 29.1 Å². The van der Waals surface area contributed by atoms with Gasteiger partial charge in [0, 0.05) is 22.5 Å². The van der Waals surface area contributed by atoms with Crippen LogP contribution < -0.4 is 0 Å². The first-order valence-corrected chi connectivity index (χ1v) is 9.70. The number of fused-ring (bicyclic) bond motifs is 1. The van der Waals surface area contributed by atoms with Gasteiger partial charge in [0.25, 0.3) is 0 Å². The summed E-state index contributed by atoms with van der Waals surface area (Å²) in [6.45, 7) is 6.94. The summed E-state index contributed by atoms with van der Waals surface area (Å²) in [7, 11) is 0. The van der Waals surface area contributed by atoms with Crippen molar-refractivity contribution in [2.45, 2.75) is 51.3 Å². The molecule has 120 valence electrons. The van der Waals surface area contributed by atoms with Crippen LogP contribution in [0.25, 0.3) is 0 Å². The van der Waals surface area contributed by atoms with Crippen molar-refractivity contribution in [3.8, 4) is 0 Å². The molecular formula is C20H28OS. The molecule has 1 nitrogen and oxygen atoms in total. The highest BCUT2D eigenvalue weighted by Crippen LogP contribution is 2.57. The van der Waals surface area contributed by atoms with Crippen LogP contribution in [-0.4, -0.2) is 11.5 Å². The van der Waals surface area contributed by atoms with Gasteiger partial charge in [-0.05, 0) is 55.1 Å². The van der Waals surface area contributed by atoms with E-state index < -0.39 is 0 Å². The van der Waals surface area contributed by atoms with E-state index in [4.69, 9.17) is 0 Å². The van der Waals surface area contributed by atoms with Crippen LogP contribution >= 0.6 is 11.8 Å². The fourth-order valence-corrected chi connectivity index (χ4v) is 5.68. The average Bonchev–Trinajstić information content (AvgIpc) is 2.45. The minimum absolute atomic E-state index is 0.269. The van der Waals surface area contributed by atoms with E-state index in [0.29, 0.717) is 29.0 Å². The maximum absolute atomic E-state index is 13.0. The highest BCUT2D eigenvalue weighted by atomic mass is 32.2. The lowest BCUT2D eigenvalue weighted by molar-refractivity contribution is -0.148. The standard InChI is InChI=1S/C20H28OS/c1-14(2)11-15-12-20(3)10-9-18(20)19(21)17(15)13-22-16-7-5-4-6-8-16/h4-8,14-15,17-18H,9-13H2,1-3H3/t15-,17?,18+,20-/m0/s1. The zero-order chi connectivity index (χ0) is 15.7. The topological polar surface area (TPSA) is 17.1 Å². The van der Waals surface area contributed by atoms with Gasteiger partial charge in [-0.25, -0.2) is 0 Å². The zero-order valence-corrected chi connectivity index (χ0v) is 14.9. The van der Waals surface area contributed by atoms with E-state index in [-0.39, 0.29) is 5.92 Å². The molecule has 0 aromatic heterocycles. The Kier molecular flexibility index (Phi) is 4.68. The van der Waals surface area contributed by atoms with E-state index in [2.05, 4.69) is 51.1 Å². The molecule has 2 fully saturated rings. The normalized spacial score (nSPS) is 34.4. The Bertz CT molecular complexity index is 524. The third-order valence-electron chi connectivity index (χ3n) is 5.80.